The van der Waals surface area contributed by atoms with Gasteiger partial charge in [0.1, 0.15) is 0 Å². The highest BCUT2D eigenvalue weighted by molar-refractivity contribution is 4.99. The molecule has 0 aromatic carbocycles. The van der Waals surface area contributed by atoms with Crippen molar-refractivity contribution in [1.29, 1.82) is 0 Å². The van der Waals surface area contributed by atoms with Gasteiger partial charge in [0.25, 0.3) is 0 Å². The van der Waals surface area contributed by atoms with Crippen molar-refractivity contribution in [3.8, 4) is 0 Å². The lowest BCUT2D eigenvalue weighted by Gasteiger charge is -2.18. The van der Waals surface area contributed by atoms with Crippen LogP contribution in [0.1, 0.15) is 32.6 Å². The first kappa shape index (κ1) is 7.56. The Morgan fingerprint density at radius 3 is 2.18 bits per heavy atom. The van der Waals surface area contributed by atoms with Crippen molar-refractivity contribution in [2.45, 2.75) is 44.2 Å². The fourth-order valence-electron chi connectivity index (χ4n) is 2.96. The van der Waals surface area contributed by atoms with Gasteiger partial charge in [-0.2, -0.15) is 0 Å². The highest BCUT2D eigenvalue weighted by atomic mass is 16.3. The fourth-order valence-corrected chi connectivity index (χ4v) is 2.96. The molecule has 4 atom stereocenters. The summed E-state index contributed by atoms with van der Waals surface area (Å²) in [5.74, 6) is 1.44. The maximum absolute atomic E-state index is 9.36. The van der Waals surface area contributed by atoms with Gasteiger partial charge in [0.15, 0.2) is 0 Å². The molecule has 0 bridgehead atoms. The lowest BCUT2D eigenvalue weighted by molar-refractivity contribution is 0.167. The van der Waals surface area contributed by atoms with Crippen molar-refractivity contribution in [3.63, 3.8) is 0 Å². The summed E-state index contributed by atoms with van der Waals surface area (Å²) in [6.07, 6.45) is 4.21. The molecule has 0 spiro atoms. The summed E-state index contributed by atoms with van der Waals surface area (Å²) in [5.41, 5.74) is 6.10. The number of fused-ring (bicyclic) bond motifs is 1. The molecule has 2 aliphatic carbocycles. The Morgan fingerprint density at radius 1 is 1.27 bits per heavy atom. The van der Waals surface area contributed by atoms with Crippen LogP contribution in [-0.2, 0) is 0 Å². The second-order valence-corrected chi connectivity index (χ2v) is 4.71. The van der Waals surface area contributed by atoms with Crippen LogP contribution in [0.4, 0.5) is 0 Å². The van der Waals surface area contributed by atoms with Gasteiger partial charge in [-0.05, 0) is 44.4 Å². The van der Waals surface area contributed by atoms with E-state index in [0.717, 1.165) is 37.5 Å². The molecule has 0 amide bonds. The highest BCUT2D eigenvalue weighted by Crippen LogP contribution is 2.47. The normalized spacial score (nSPS) is 56.5. The fraction of sp³-hybridized carbons (Fsp3) is 1.00. The molecule has 3 N–H and O–H groups in total. The van der Waals surface area contributed by atoms with Gasteiger partial charge in [0, 0.05) is 5.54 Å². The molecule has 0 aromatic rings. The topological polar surface area (TPSA) is 46.2 Å². The maximum Gasteiger partial charge on any atom is 0.0545 e. The van der Waals surface area contributed by atoms with Crippen LogP contribution < -0.4 is 5.73 Å². The molecule has 64 valence electrons. The van der Waals surface area contributed by atoms with Gasteiger partial charge in [0.05, 0.1) is 6.10 Å². The lowest BCUT2D eigenvalue weighted by Crippen LogP contribution is -2.33. The van der Waals surface area contributed by atoms with E-state index in [-0.39, 0.29) is 11.6 Å². The van der Waals surface area contributed by atoms with E-state index in [9.17, 15) is 5.11 Å². The quantitative estimate of drug-likeness (QED) is 0.545. The van der Waals surface area contributed by atoms with Gasteiger partial charge in [-0.15, -0.1) is 0 Å². The zero-order chi connectivity index (χ0) is 8.06. The smallest absolute Gasteiger partial charge is 0.0545 e. The Hall–Kier alpha value is -0.0800. The van der Waals surface area contributed by atoms with Gasteiger partial charge in [-0.3, -0.25) is 0 Å². The number of nitrogens with two attached hydrogens (primary N) is 1. The van der Waals surface area contributed by atoms with Crippen molar-refractivity contribution >= 4 is 0 Å². The van der Waals surface area contributed by atoms with Crippen molar-refractivity contribution < 1.29 is 5.11 Å². The first-order chi connectivity index (χ1) is 5.07. The molecule has 2 fully saturated rings. The van der Waals surface area contributed by atoms with E-state index in [2.05, 4.69) is 6.92 Å². The Morgan fingerprint density at radius 2 is 1.73 bits per heavy atom. The maximum atomic E-state index is 9.36. The van der Waals surface area contributed by atoms with E-state index in [1.165, 1.54) is 0 Å². The minimum Gasteiger partial charge on any atom is -0.393 e. The molecule has 2 aliphatic rings. The molecule has 11 heavy (non-hydrogen) atoms. The first-order valence-electron chi connectivity index (χ1n) is 4.54. The average Bonchev–Trinajstić information content (AvgIpc) is 2.17. The summed E-state index contributed by atoms with van der Waals surface area (Å²) in [5, 5.41) is 9.36. The molecule has 0 radical (unpaired) electrons. The van der Waals surface area contributed by atoms with E-state index < -0.39 is 0 Å². The van der Waals surface area contributed by atoms with Crippen LogP contribution in [0, 0.1) is 11.8 Å². The zero-order valence-corrected chi connectivity index (χ0v) is 7.09. The summed E-state index contributed by atoms with van der Waals surface area (Å²) < 4.78 is 0. The molecule has 0 saturated heterocycles. The molecule has 0 aliphatic heterocycles. The Labute approximate surface area is 67.8 Å². The third kappa shape index (κ3) is 1.30. The number of hydrogen-bond acceptors (Lipinski definition) is 2. The van der Waals surface area contributed by atoms with E-state index in [4.69, 9.17) is 5.73 Å². The Balaban J connectivity index is 2.04. The van der Waals surface area contributed by atoms with Crippen LogP contribution in [-0.4, -0.2) is 16.7 Å². The van der Waals surface area contributed by atoms with Gasteiger partial charge in [-0.1, -0.05) is 0 Å². The summed E-state index contributed by atoms with van der Waals surface area (Å²) in [4.78, 5) is 0. The van der Waals surface area contributed by atoms with E-state index in [1.54, 1.807) is 0 Å². The molecule has 2 heteroatoms. The summed E-state index contributed by atoms with van der Waals surface area (Å²) in [6.45, 7) is 2.14. The molecule has 0 unspecified atom stereocenters. The Bertz CT molecular complexity index is 151. The van der Waals surface area contributed by atoms with Gasteiger partial charge in [0.2, 0.25) is 0 Å². The van der Waals surface area contributed by atoms with E-state index in [0.29, 0.717) is 0 Å². The molecule has 2 saturated carbocycles. The van der Waals surface area contributed by atoms with Crippen LogP contribution in [0.2, 0.25) is 0 Å². The van der Waals surface area contributed by atoms with E-state index in [1.807, 2.05) is 0 Å². The summed E-state index contributed by atoms with van der Waals surface area (Å²) >= 11 is 0. The first-order valence-corrected chi connectivity index (χ1v) is 4.54. The van der Waals surface area contributed by atoms with Crippen LogP contribution in [0.3, 0.4) is 0 Å². The van der Waals surface area contributed by atoms with E-state index >= 15 is 0 Å². The number of aliphatic hydroxyl groups excluding tert-OH is 1. The minimum atomic E-state index is -0.0268. The van der Waals surface area contributed by atoms with Crippen LogP contribution in [0.5, 0.6) is 0 Å². The number of hydrogen-bond donors (Lipinski definition) is 2. The molecule has 2 rings (SSSR count). The molecule has 0 aromatic heterocycles. The SMILES string of the molecule is C[C@@]1(N)C[C@H]2C[C@@H](O)C[C@H]2C1. The predicted molar refractivity (Wildman–Crippen MR) is 44.0 cm³/mol. The van der Waals surface area contributed by atoms with Crippen molar-refractivity contribution in [2.24, 2.45) is 17.6 Å². The standard InChI is InChI=1S/C9H17NO/c1-9(10)4-6-2-8(11)3-7(6)5-9/h6-8,11H,2-5,10H2,1H3/t6-,7+,8-,9-. The van der Waals surface area contributed by atoms with Gasteiger partial charge >= 0.3 is 0 Å². The lowest BCUT2D eigenvalue weighted by atomic mass is 9.97. The summed E-state index contributed by atoms with van der Waals surface area (Å²) in [7, 11) is 0. The highest BCUT2D eigenvalue weighted by Gasteiger charge is 2.44. The Kier molecular flexibility index (Phi) is 1.52. The number of rotatable bonds is 0. The largest absolute Gasteiger partial charge is 0.393 e. The molecular weight excluding hydrogens is 138 g/mol. The molecule has 0 heterocycles. The number of aliphatic hydroxyl groups is 1. The van der Waals surface area contributed by atoms with Crippen LogP contribution >= 0.6 is 0 Å². The van der Waals surface area contributed by atoms with Crippen molar-refractivity contribution in [3.05, 3.63) is 0 Å². The second kappa shape index (κ2) is 2.20. The predicted octanol–water partition coefficient (Wildman–Crippen LogP) is 0.885. The minimum absolute atomic E-state index is 0.0268. The third-order valence-electron chi connectivity index (χ3n) is 3.27. The zero-order valence-electron chi connectivity index (χ0n) is 7.09. The van der Waals surface area contributed by atoms with Crippen molar-refractivity contribution in [1.82, 2.24) is 0 Å². The molecule has 2 nitrogen and oxygen atoms in total. The molecular formula is C9H17NO. The monoisotopic (exact) mass is 155 g/mol. The van der Waals surface area contributed by atoms with Gasteiger partial charge < -0.3 is 10.8 Å². The summed E-state index contributed by atoms with van der Waals surface area (Å²) in [6, 6.07) is 0. The van der Waals surface area contributed by atoms with Gasteiger partial charge in [-0.25, -0.2) is 0 Å². The average molecular weight is 155 g/mol. The van der Waals surface area contributed by atoms with Crippen LogP contribution in [0.25, 0.3) is 0 Å². The van der Waals surface area contributed by atoms with Crippen LogP contribution in [0.15, 0.2) is 0 Å². The second-order valence-electron chi connectivity index (χ2n) is 4.71. The third-order valence-corrected chi connectivity index (χ3v) is 3.27. The van der Waals surface area contributed by atoms with Crippen molar-refractivity contribution in [2.75, 3.05) is 0 Å².